The second-order valence-electron chi connectivity index (χ2n) is 15.3. The highest BCUT2D eigenvalue weighted by Gasteiger charge is 2.52. The van der Waals surface area contributed by atoms with Crippen LogP contribution in [0.1, 0.15) is 72.4 Å². The van der Waals surface area contributed by atoms with Gasteiger partial charge in [0.2, 0.25) is 0 Å². The van der Waals surface area contributed by atoms with Gasteiger partial charge in [0, 0.05) is 36.0 Å². The number of hydrogen-bond acceptors (Lipinski definition) is 11. The molecule has 0 spiro atoms. The zero-order valence-corrected chi connectivity index (χ0v) is 33.7. The van der Waals surface area contributed by atoms with Gasteiger partial charge in [0.15, 0.2) is 18.9 Å². The van der Waals surface area contributed by atoms with Crippen molar-refractivity contribution in [2.24, 2.45) is 28.8 Å². The lowest BCUT2D eigenvalue weighted by Crippen LogP contribution is -2.62. The smallest absolute Gasteiger partial charge is 0.302 e. The Labute approximate surface area is 331 Å². The maximum Gasteiger partial charge on any atom is 0.302 e. The summed E-state index contributed by atoms with van der Waals surface area (Å²) in [6.45, 7) is 14.4. The topological polar surface area (TPSA) is 149 Å². The molecule has 3 heterocycles. The quantitative estimate of drug-likeness (QED) is 0.0398. The highest BCUT2D eigenvalue weighted by Crippen LogP contribution is 2.40. The van der Waals surface area contributed by atoms with E-state index < -0.39 is 67.3 Å². The minimum atomic E-state index is -1.06. The van der Waals surface area contributed by atoms with Gasteiger partial charge in [0.25, 0.3) is 0 Å². The van der Waals surface area contributed by atoms with Crippen molar-refractivity contribution < 1.29 is 47.4 Å². The molecule has 5 rings (SSSR count). The molecule has 3 saturated heterocycles. The van der Waals surface area contributed by atoms with Crippen molar-refractivity contribution in [2.45, 2.75) is 142 Å². The number of azide groups is 1. The number of terminal acetylenes is 1. The molecule has 3 fully saturated rings. The third-order valence-corrected chi connectivity index (χ3v) is 11.2. The van der Waals surface area contributed by atoms with Gasteiger partial charge in [-0.05, 0) is 42.8 Å². The highest BCUT2D eigenvalue weighted by atomic mass is 16.7. The van der Waals surface area contributed by atoms with Crippen LogP contribution in [0.2, 0.25) is 0 Å². The van der Waals surface area contributed by atoms with E-state index >= 15 is 0 Å². The number of rotatable bonds is 17. The van der Waals surface area contributed by atoms with Gasteiger partial charge in [-0.25, -0.2) is 0 Å². The summed E-state index contributed by atoms with van der Waals surface area (Å²) in [6, 6.07) is 19.1. The third kappa shape index (κ3) is 11.3. The first-order chi connectivity index (χ1) is 27.0. The van der Waals surface area contributed by atoms with Crippen LogP contribution >= 0.6 is 0 Å². The highest BCUT2D eigenvalue weighted by molar-refractivity contribution is 5.65. The third-order valence-electron chi connectivity index (χ3n) is 11.2. The van der Waals surface area contributed by atoms with Crippen LogP contribution in [-0.4, -0.2) is 86.8 Å². The van der Waals surface area contributed by atoms with E-state index in [9.17, 15) is 10.3 Å². The molecule has 2 aromatic rings. The standard InChI is InChI=1S/C43H59N3O10/c1-9-10-17-22-48-41-29(5)39(51-24-34-20-15-12-16-21-34)40(31(7)53-41)56-43-36(45-46-44)27(3)38(35(54-43)25-49-32(8)47)55-42-28(4)37(26(2)30(6)52-42)50-23-33-18-13-11-14-19-33/h1,11-16,18-21,26-31,35-43H,10,17,22-25H2,2-8H3/t26-,27-,28?,29?,30?,31?,35?,36?,37-,38+,39+,40-,41-,42+,43+/m1/s1. The lowest BCUT2D eigenvalue weighted by atomic mass is 9.85. The van der Waals surface area contributed by atoms with Crippen molar-refractivity contribution in [1.82, 2.24) is 0 Å². The van der Waals surface area contributed by atoms with E-state index in [2.05, 4.69) is 22.9 Å². The predicted molar refractivity (Wildman–Crippen MR) is 207 cm³/mol. The number of carbonyl (C=O) groups is 1. The molecule has 0 saturated carbocycles. The van der Waals surface area contributed by atoms with E-state index in [1.807, 2.05) is 95.3 Å². The molecule has 0 aliphatic carbocycles. The molecule has 56 heavy (non-hydrogen) atoms. The fraction of sp³-hybridized carbons (Fsp3) is 0.651. The summed E-state index contributed by atoms with van der Waals surface area (Å²) in [5, 5.41) is 4.20. The maximum atomic E-state index is 12.1. The minimum absolute atomic E-state index is 0.0891. The Morgan fingerprint density at radius 3 is 1.93 bits per heavy atom. The van der Waals surface area contributed by atoms with Gasteiger partial charge in [-0.3, -0.25) is 4.79 Å². The van der Waals surface area contributed by atoms with E-state index in [4.69, 9.17) is 49.1 Å². The molecule has 13 nitrogen and oxygen atoms in total. The Hall–Kier alpha value is -3.54. The Bertz CT molecular complexity index is 1590. The zero-order chi connectivity index (χ0) is 40.2. The van der Waals surface area contributed by atoms with Crippen LogP contribution in [0.3, 0.4) is 0 Å². The van der Waals surface area contributed by atoms with Crippen LogP contribution in [0, 0.1) is 36.0 Å². The molecular weight excluding hydrogens is 718 g/mol. The summed E-state index contributed by atoms with van der Waals surface area (Å²) in [6.07, 6.45) is 0.888. The molecule has 306 valence electrons. The fourth-order valence-corrected chi connectivity index (χ4v) is 7.78. The van der Waals surface area contributed by atoms with E-state index in [-0.39, 0.29) is 36.6 Å². The summed E-state index contributed by atoms with van der Waals surface area (Å²) >= 11 is 0. The van der Waals surface area contributed by atoms with Gasteiger partial charge in [-0.15, -0.1) is 12.3 Å². The zero-order valence-electron chi connectivity index (χ0n) is 33.7. The van der Waals surface area contributed by atoms with E-state index in [0.29, 0.717) is 32.7 Å². The minimum Gasteiger partial charge on any atom is -0.463 e. The van der Waals surface area contributed by atoms with Gasteiger partial charge in [0.05, 0.1) is 56.4 Å². The van der Waals surface area contributed by atoms with Gasteiger partial charge in [0.1, 0.15) is 18.8 Å². The molecule has 0 amide bonds. The molecule has 0 N–H and O–H groups in total. The van der Waals surface area contributed by atoms with E-state index in [1.165, 1.54) is 6.92 Å². The average Bonchev–Trinajstić information content (AvgIpc) is 3.19. The molecule has 0 bridgehead atoms. The van der Waals surface area contributed by atoms with Gasteiger partial charge in [-0.2, -0.15) is 0 Å². The fourth-order valence-electron chi connectivity index (χ4n) is 7.78. The molecule has 3 aliphatic rings. The first-order valence-electron chi connectivity index (χ1n) is 19.8. The van der Waals surface area contributed by atoms with Gasteiger partial charge < -0.3 is 42.6 Å². The van der Waals surface area contributed by atoms with Crippen LogP contribution in [0.4, 0.5) is 0 Å². The Balaban J connectivity index is 1.37. The average molecular weight is 778 g/mol. The van der Waals surface area contributed by atoms with Gasteiger partial charge in [-0.1, -0.05) is 93.5 Å². The second-order valence-corrected chi connectivity index (χ2v) is 15.3. The molecule has 2 aromatic carbocycles. The largest absolute Gasteiger partial charge is 0.463 e. The normalized spacial score (nSPS) is 35.9. The predicted octanol–water partition coefficient (Wildman–Crippen LogP) is 7.36. The van der Waals surface area contributed by atoms with Crippen molar-refractivity contribution >= 4 is 5.97 Å². The number of ether oxygens (including phenoxy) is 9. The number of carbonyl (C=O) groups excluding carboxylic acids is 1. The van der Waals surface area contributed by atoms with Crippen molar-refractivity contribution in [2.75, 3.05) is 13.2 Å². The molecule has 0 aromatic heterocycles. The van der Waals surface area contributed by atoms with Crippen molar-refractivity contribution in [3.63, 3.8) is 0 Å². The second kappa shape index (κ2) is 21.3. The Kier molecular flexibility index (Phi) is 16.6. The number of nitrogens with zero attached hydrogens (tertiary/aromatic N) is 3. The summed E-state index contributed by atoms with van der Waals surface area (Å²) in [5.41, 5.74) is 11.9. The monoisotopic (exact) mass is 777 g/mol. The number of esters is 1. The van der Waals surface area contributed by atoms with Crippen LogP contribution in [0.15, 0.2) is 65.8 Å². The van der Waals surface area contributed by atoms with Crippen LogP contribution in [0.5, 0.6) is 0 Å². The molecule has 6 unspecified atom stereocenters. The summed E-state index contributed by atoms with van der Waals surface area (Å²) in [5.74, 6) is 1.36. The SMILES string of the molecule is C#CCCCO[C@@H]1OC(C)[C@@H](O[C@@H]2OC(COC(C)=O)[C@@H](O[C@@H]3OC(C)[C@@H](C)[C@@H](OCc4ccccc4)C3C)[C@H](C)C2N=[N+]=[N-])[C@@H](OCc2ccccc2)C1C. The van der Waals surface area contributed by atoms with Crippen LogP contribution in [-0.2, 0) is 60.6 Å². The summed E-state index contributed by atoms with van der Waals surface area (Å²) in [7, 11) is 0. The molecule has 13 heteroatoms. The summed E-state index contributed by atoms with van der Waals surface area (Å²) < 4.78 is 57.9. The van der Waals surface area contributed by atoms with Crippen molar-refractivity contribution in [3.8, 4) is 12.3 Å². The number of benzene rings is 2. The van der Waals surface area contributed by atoms with E-state index in [0.717, 1.165) is 11.1 Å². The summed E-state index contributed by atoms with van der Waals surface area (Å²) in [4.78, 5) is 15.3. The lowest BCUT2D eigenvalue weighted by molar-refractivity contribution is -0.350. The lowest BCUT2D eigenvalue weighted by Gasteiger charge is -2.50. The molecule has 3 aliphatic heterocycles. The van der Waals surface area contributed by atoms with Gasteiger partial charge >= 0.3 is 5.97 Å². The van der Waals surface area contributed by atoms with Crippen molar-refractivity contribution in [1.29, 1.82) is 0 Å². The first-order valence-corrected chi connectivity index (χ1v) is 19.8. The first kappa shape index (κ1) is 43.6. The molecule has 0 radical (unpaired) electrons. The number of hydrogen-bond donors (Lipinski definition) is 0. The van der Waals surface area contributed by atoms with Crippen LogP contribution < -0.4 is 0 Å². The van der Waals surface area contributed by atoms with E-state index in [1.54, 1.807) is 0 Å². The number of unbranched alkanes of at least 4 members (excludes halogenated alkanes) is 1. The molecule has 15 atom stereocenters. The van der Waals surface area contributed by atoms with Crippen LogP contribution in [0.25, 0.3) is 10.4 Å². The van der Waals surface area contributed by atoms with Crippen molar-refractivity contribution in [3.05, 3.63) is 82.2 Å². The maximum absolute atomic E-state index is 12.1. The Morgan fingerprint density at radius 1 is 0.732 bits per heavy atom. The molecular formula is C43H59N3O10. The Morgan fingerprint density at radius 2 is 1.32 bits per heavy atom.